The van der Waals surface area contributed by atoms with Gasteiger partial charge >= 0.3 is 7.12 Å². The molecule has 1 saturated carbocycles. The molecular weight excluding hydrogens is 235 g/mol. The van der Waals surface area contributed by atoms with E-state index >= 15 is 0 Å². The fourth-order valence-electron chi connectivity index (χ4n) is 3.31. The van der Waals surface area contributed by atoms with Gasteiger partial charge in [0.25, 0.3) is 0 Å². The maximum atomic E-state index is 6.14. The van der Waals surface area contributed by atoms with Gasteiger partial charge in [0.15, 0.2) is 0 Å². The highest BCUT2D eigenvalue weighted by Crippen LogP contribution is 2.40. The summed E-state index contributed by atoms with van der Waals surface area (Å²) in [4.78, 5) is 0. The third-order valence-electron chi connectivity index (χ3n) is 4.34. The largest absolute Gasteiger partial charge is 0.498 e. The van der Waals surface area contributed by atoms with Crippen molar-refractivity contribution in [3.63, 3.8) is 0 Å². The average molecular weight is 252 g/mol. The summed E-state index contributed by atoms with van der Waals surface area (Å²) in [6.07, 6.45) is 5.86. The number of fused-ring (bicyclic) bond motifs is 1. The molecule has 0 amide bonds. The molecule has 2 aliphatic rings. The Morgan fingerprint density at radius 2 is 1.58 bits per heavy atom. The van der Waals surface area contributed by atoms with E-state index in [9.17, 15) is 0 Å². The Kier molecular flexibility index (Phi) is 2.64. The fraction of sp³-hybridized carbons (Fsp3) is 0.375. The van der Waals surface area contributed by atoms with Gasteiger partial charge in [-0.15, -0.1) is 0 Å². The normalized spacial score (nSPS) is 21.6. The average Bonchev–Trinajstić information content (AvgIpc) is 2.45. The van der Waals surface area contributed by atoms with Crippen LogP contribution in [0.2, 0.25) is 0 Å². The molecular formula is C16H17BO2. The maximum Gasteiger partial charge on any atom is 0.498 e. The standard InChI is InChI=1S/C16H17BO2/c1-4-11-16(12-5-1)18-17(19-16)15-10-6-8-13-7-2-3-9-14(13)15/h2-3,6-10H,1,4-5,11-12H2. The van der Waals surface area contributed by atoms with Crippen LogP contribution in [-0.2, 0) is 9.31 Å². The summed E-state index contributed by atoms with van der Waals surface area (Å²) >= 11 is 0. The Bertz CT molecular complexity index is 591. The Hall–Kier alpha value is -1.32. The van der Waals surface area contributed by atoms with Gasteiger partial charge in [0, 0.05) is 0 Å². The molecule has 2 fully saturated rings. The molecule has 1 aliphatic carbocycles. The second-order valence-corrected chi connectivity index (χ2v) is 5.61. The van der Waals surface area contributed by atoms with E-state index in [2.05, 4.69) is 42.5 Å². The molecule has 0 aromatic heterocycles. The molecule has 2 aromatic carbocycles. The molecule has 19 heavy (non-hydrogen) atoms. The molecule has 0 unspecified atom stereocenters. The van der Waals surface area contributed by atoms with Crippen LogP contribution in [0.1, 0.15) is 32.1 Å². The monoisotopic (exact) mass is 252 g/mol. The van der Waals surface area contributed by atoms with Crippen LogP contribution in [0.4, 0.5) is 0 Å². The van der Waals surface area contributed by atoms with Gasteiger partial charge in [-0.1, -0.05) is 48.9 Å². The highest BCUT2D eigenvalue weighted by Gasteiger charge is 2.51. The maximum absolute atomic E-state index is 6.14. The van der Waals surface area contributed by atoms with Crippen LogP contribution < -0.4 is 5.46 Å². The first-order valence-electron chi connectivity index (χ1n) is 7.20. The fourth-order valence-corrected chi connectivity index (χ4v) is 3.31. The first kappa shape index (κ1) is 11.5. The van der Waals surface area contributed by atoms with E-state index in [0.717, 1.165) is 18.3 Å². The zero-order valence-corrected chi connectivity index (χ0v) is 11.0. The lowest BCUT2D eigenvalue weighted by molar-refractivity contribution is -0.230. The van der Waals surface area contributed by atoms with E-state index in [1.165, 1.54) is 30.0 Å². The molecule has 3 heteroatoms. The van der Waals surface area contributed by atoms with Crippen LogP contribution in [0.15, 0.2) is 42.5 Å². The zero-order valence-electron chi connectivity index (χ0n) is 11.0. The van der Waals surface area contributed by atoms with Gasteiger partial charge in [-0.25, -0.2) is 0 Å². The van der Waals surface area contributed by atoms with E-state index in [1.807, 2.05) is 0 Å². The van der Waals surface area contributed by atoms with E-state index in [-0.39, 0.29) is 12.9 Å². The van der Waals surface area contributed by atoms with Gasteiger partial charge in [0.05, 0.1) is 0 Å². The van der Waals surface area contributed by atoms with Crippen LogP contribution in [-0.4, -0.2) is 12.9 Å². The summed E-state index contributed by atoms with van der Waals surface area (Å²) in [7, 11) is -0.177. The van der Waals surface area contributed by atoms with Crippen LogP contribution in [0, 0.1) is 0 Å². The van der Waals surface area contributed by atoms with Crippen molar-refractivity contribution in [1.82, 2.24) is 0 Å². The van der Waals surface area contributed by atoms with Crippen molar-refractivity contribution >= 4 is 23.4 Å². The molecule has 96 valence electrons. The van der Waals surface area contributed by atoms with Crippen LogP contribution in [0.3, 0.4) is 0 Å². The minimum Gasteiger partial charge on any atom is -0.380 e. The third-order valence-corrected chi connectivity index (χ3v) is 4.34. The third kappa shape index (κ3) is 1.89. The molecule has 1 heterocycles. The van der Waals surface area contributed by atoms with Crippen LogP contribution >= 0.6 is 0 Å². The molecule has 1 saturated heterocycles. The van der Waals surface area contributed by atoms with Crippen molar-refractivity contribution in [2.45, 2.75) is 37.9 Å². The van der Waals surface area contributed by atoms with Crippen molar-refractivity contribution in [3.8, 4) is 0 Å². The first-order chi connectivity index (χ1) is 9.36. The van der Waals surface area contributed by atoms with E-state index in [1.54, 1.807) is 0 Å². The molecule has 2 nitrogen and oxygen atoms in total. The Morgan fingerprint density at radius 1 is 0.842 bits per heavy atom. The smallest absolute Gasteiger partial charge is 0.380 e. The van der Waals surface area contributed by atoms with Crippen LogP contribution in [0.25, 0.3) is 10.8 Å². The van der Waals surface area contributed by atoms with E-state index in [4.69, 9.17) is 9.31 Å². The summed E-state index contributed by atoms with van der Waals surface area (Å²) in [5.74, 6) is -0.264. The zero-order chi connectivity index (χ0) is 12.7. The Labute approximate surface area is 113 Å². The minimum atomic E-state index is -0.264. The van der Waals surface area contributed by atoms with Gasteiger partial charge in [-0.3, -0.25) is 0 Å². The molecule has 4 rings (SSSR count). The molecule has 0 bridgehead atoms. The molecule has 1 spiro atoms. The topological polar surface area (TPSA) is 18.5 Å². The van der Waals surface area contributed by atoms with Crippen molar-refractivity contribution in [2.75, 3.05) is 0 Å². The van der Waals surface area contributed by atoms with Crippen molar-refractivity contribution < 1.29 is 9.31 Å². The van der Waals surface area contributed by atoms with Crippen molar-refractivity contribution in [1.29, 1.82) is 0 Å². The number of hydrogen-bond acceptors (Lipinski definition) is 2. The predicted molar refractivity (Wildman–Crippen MR) is 77.3 cm³/mol. The van der Waals surface area contributed by atoms with E-state index < -0.39 is 0 Å². The Morgan fingerprint density at radius 3 is 2.42 bits per heavy atom. The summed E-state index contributed by atoms with van der Waals surface area (Å²) in [5.41, 5.74) is 1.16. The van der Waals surface area contributed by atoms with Gasteiger partial charge in [0.2, 0.25) is 0 Å². The van der Waals surface area contributed by atoms with Gasteiger partial charge in [-0.2, -0.15) is 0 Å². The number of benzene rings is 2. The van der Waals surface area contributed by atoms with Gasteiger partial charge in [0.1, 0.15) is 5.79 Å². The summed E-state index contributed by atoms with van der Waals surface area (Å²) in [6, 6.07) is 14.7. The lowest BCUT2D eigenvalue weighted by atomic mass is 9.70. The SMILES string of the molecule is c1ccc2c(B3OC4(CCCCC4)O3)cccc2c1. The second-order valence-electron chi connectivity index (χ2n) is 5.61. The summed E-state index contributed by atoms with van der Waals surface area (Å²) in [5, 5.41) is 2.48. The molecule has 2 aromatic rings. The highest BCUT2D eigenvalue weighted by atomic mass is 16.8. The highest BCUT2D eigenvalue weighted by molar-refractivity contribution is 6.66. The number of hydrogen-bond donors (Lipinski definition) is 0. The summed E-state index contributed by atoms with van der Waals surface area (Å²) < 4.78 is 12.3. The minimum absolute atomic E-state index is 0.177. The van der Waals surface area contributed by atoms with Gasteiger partial charge in [-0.05, 0) is 41.9 Å². The molecule has 0 atom stereocenters. The van der Waals surface area contributed by atoms with E-state index in [0.29, 0.717) is 0 Å². The molecule has 0 radical (unpaired) electrons. The molecule has 1 aliphatic heterocycles. The van der Waals surface area contributed by atoms with Crippen molar-refractivity contribution in [3.05, 3.63) is 42.5 Å². The molecule has 0 N–H and O–H groups in total. The first-order valence-corrected chi connectivity index (χ1v) is 7.20. The summed E-state index contributed by atoms with van der Waals surface area (Å²) in [6.45, 7) is 0. The lowest BCUT2D eigenvalue weighted by Crippen LogP contribution is -2.62. The van der Waals surface area contributed by atoms with Crippen LogP contribution in [0.5, 0.6) is 0 Å². The Balaban J connectivity index is 1.63. The predicted octanol–water partition coefficient (Wildman–Crippen LogP) is 3.24. The quantitative estimate of drug-likeness (QED) is 0.725. The second kappa shape index (κ2) is 4.36. The van der Waals surface area contributed by atoms with Crippen molar-refractivity contribution in [2.24, 2.45) is 0 Å². The lowest BCUT2D eigenvalue weighted by Gasteiger charge is -2.49. The van der Waals surface area contributed by atoms with Gasteiger partial charge < -0.3 is 9.31 Å². The number of rotatable bonds is 1.